The first-order chi connectivity index (χ1) is 14.8. The first kappa shape index (κ1) is 21.0. The van der Waals surface area contributed by atoms with Gasteiger partial charge in [0.1, 0.15) is 11.4 Å². The Balaban J connectivity index is 1.28. The standard InChI is InChI=1S/C21H22F3N5O2/c1-28-19(6-9-25-28)20(30)29-10-7-14(13-29)18-12-16(26-27-18)8-11-31-17-4-2-15(3-5-17)21(22,23)24/h2-6,9,12,14H,7-8,10-11,13H2,1H3,(H,26,27)/t14-/m0/s1. The van der Waals surface area contributed by atoms with Crippen LogP contribution in [0.5, 0.6) is 5.75 Å². The van der Waals surface area contributed by atoms with E-state index in [1.807, 2.05) is 11.0 Å². The number of rotatable bonds is 6. The van der Waals surface area contributed by atoms with Gasteiger partial charge in [0.15, 0.2) is 0 Å². The Morgan fingerprint density at radius 2 is 2.03 bits per heavy atom. The molecule has 10 heteroatoms. The van der Waals surface area contributed by atoms with Crippen LogP contribution in [0, 0.1) is 0 Å². The minimum absolute atomic E-state index is 0.0387. The fraction of sp³-hybridized carbons (Fsp3) is 0.381. The molecule has 0 radical (unpaired) electrons. The Bertz CT molecular complexity index is 1040. The molecule has 0 bridgehead atoms. The summed E-state index contributed by atoms with van der Waals surface area (Å²) in [6.45, 7) is 1.56. The maximum atomic E-state index is 12.6. The first-order valence-electron chi connectivity index (χ1n) is 9.93. The second-order valence-corrected chi connectivity index (χ2v) is 7.52. The molecule has 1 aliphatic heterocycles. The highest BCUT2D eigenvalue weighted by Crippen LogP contribution is 2.30. The number of benzene rings is 1. The second kappa shape index (κ2) is 8.44. The number of alkyl halides is 3. The molecule has 1 aromatic carbocycles. The van der Waals surface area contributed by atoms with Crippen molar-refractivity contribution in [3.63, 3.8) is 0 Å². The van der Waals surface area contributed by atoms with Gasteiger partial charge in [0.05, 0.1) is 17.9 Å². The molecule has 1 fully saturated rings. The van der Waals surface area contributed by atoms with Gasteiger partial charge in [0.2, 0.25) is 0 Å². The topological polar surface area (TPSA) is 76.0 Å². The number of hydrogen-bond acceptors (Lipinski definition) is 4. The first-order valence-corrected chi connectivity index (χ1v) is 9.93. The van der Waals surface area contributed by atoms with Crippen LogP contribution in [0.25, 0.3) is 0 Å². The molecule has 3 heterocycles. The van der Waals surface area contributed by atoms with E-state index < -0.39 is 11.7 Å². The van der Waals surface area contributed by atoms with E-state index in [0.29, 0.717) is 37.6 Å². The maximum absolute atomic E-state index is 12.6. The van der Waals surface area contributed by atoms with Crippen LogP contribution in [0.2, 0.25) is 0 Å². The number of halogens is 3. The van der Waals surface area contributed by atoms with Gasteiger partial charge in [0.25, 0.3) is 5.91 Å². The average molecular weight is 433 g/mol. The van der Waals surface area contributed by atoms with Crippen molar-refractivity contribution in [1.29, 1.82) is 0 Å². The van der Waals surface area contributed by atoms with Crippen molar-refractivity contribution in [3.8, 4) is 5.75 Å². The van der Waals surface area contributed by atoms with Gasteiger partial charge in [-0.2, -0.15) is 23.4 Å². The number of aryl methyl sites for hydroxylation is 1. The molecular formula is C21H22F3N5O2. The zero-order valence-electron chi connectivity index (χ0n) is 16.9. The molecule has 4 rings (SSSR count). The van der Waals surface area contributed by atoms with Crippen molar-refractivity contribution < 1.29 is 22.7 Å². The van der Waals surface area contributed by atoms with E-state index >= 15 is 0 Å². The highest BCUT2D eigenvalue weighted by Gasteiger charge is 2.31. The van der Waals surface area contributed by atoms with Crippen LogP contribution < -0.4 is 4.74 Å². The van der Waals surface area contributed by atoms with Gasteiger partial charge in [-0.25, -0.2) is 0 Å². The van der Waals surface area contributed by atoms with Crippen molar-refractivity contribution in [2.75, 3.05) is 19.7 Å². The number of aromatic nitrogens is 4. The molecule has 2 aromatic heterocycles. The zero-order valence-corrected chi connectivity index (χ0v) is 16.9. The summed E-state index contributed by atoms with van der Waals surface area (Å²) in [7, 11) is 1.74. The molecule has 1 amide bonds. The number of likely N-dealkylation sites (tertiary alicyclic amines) is 1. The normalized spacial score (nSPS) is 16.6. The van der Waals surface area contributed by atoms with Gasteiger partial charge >= 0.3 is 6.18 Å². The lowest BCUT2D eigenvalue weighted by Crippen LogP contribution is -2.30. The molecule has 3 aromatic rings. The number of nitrogens with one attached hydrogen (secondary N) is 1. The smallest absolute Gasteiger partial charge is 0.416 e. The fourth-order valence-electron chi connectivity index (χ4n) is 3.67. The summed E-state index contributed by atoms with van der Waals surface area (Å²) in [6.07, 6.45) is -1.38. The van der Waals surface area contributed by atoms with Crippen molar-refractivity contribution in [3.05, 3.63) is 65.2 Å². The van der Waals surface area contributed by atoms with E-state index in [9.17, 15) is 18.0 Å². The highest BCUT2D eigenvalue weighted by molar-refractivity contribution is 5.92. The molecule has 0 aliphatic carbocycles. The van der Waals surface area contributed by atoms with Crippen LogP contribution in [0.4, 0.5) is 13.2 Å². The van der Waals surface area contributed by atoms with E-state index in [-0.39, 0.29) is 11.8 Å². The maximum Gasteiger partial charge on any atom is 0.416 e. The third-order valence-electron chi connectivity index (χ3n) is 5.41. The molecule has 31 heavy (non-hydrogen) atoms. The number of H-pyrrole nitrogens is 1. The molecule has 1 N–H and O–H groups in total. The van der Waals surface area contributed by atoms with Crippen LogP contribution in [0.1, 0.15) is 39.8 Å². The highest BCUT2D eigenvalue weighted by atomic mass is 19.4. The molecule has 7 nitrogen and oxygen atoms in total. The Kier molecular flexibility index (Phi) is 5.71. The number of carbonyl (C=O) groups is 1. The van der Waals surface area contributed by atoms with Gasteiger partial charge in [0, 0.05) is 44.4 Å². The van der Waals surface area contributed by atoms with Crippen LogP contribution in [0.15, 0.2) is 42.6 Å². The summed E-state index contributed by atoms with van der Waals surface area (Å²) in [4.78, 5) is 14.4. The minimum atomic E-state index is -4.36. The Morgan fingerprint density at radius 3 is 2.71 bits per heavy atom. The molecule has 0 saturated carbocycles. The quantitative estimate of drug-likeness (QED) is 0.647. The van der Waals surface area contributed by atoms with Crippen LogP contribution in [-0.4, -0.2) is 50.5 Å². The predicted octanol–water partition coefficient (Wildman–Crippen LogP) is 3.41. The van der Waals surface area contributed by atoms with Crippen LogP contribution in [-0.2, 0) is 19.6 Å². The molecule has 1 atom stereocenters. The molecular weight excluding hydrogens is 411 g/mol. The SMILES string of the molecule is Cn1nccc1C(=O)N1CC[C@H](c2cc(CCOc3ccc(C(F)(F)F)cc3)[nH]n2)C1. The summed E-state index contributed by atoms with van der Waals surface area (Å²) in [6, 6.07) is 8.30. The molecule has 0 spiro atoms. The number of ether oxygens (including phenoxy) is 1. The van der Waals surface area contributed by atoms with Crippen LogP contribution >= 0.6 is 0 Å². The van der Waals surface area contributed by atoms with Crippen molar-refractivity contribution in [2.45, 2.75) is 24.9 Å². The Labute approximate surface area is 176 Å². The molecule has 0 unspecified atom stereocenters. The third-order valence-corrected chi connectivity index (χ3v) is 5.41. The predicted molar refractivity (Wildman–Crippen MR) is 106 cm³/mol. The van der Waals surface area contributed by atoms with E-state index in [1.54, 1.807) is 24.0 Å². The monoisotopic (exact) mass is 433 g/mol. The van der Waals surface area contributed by atoms with Gasteiger partial charge in [-0.1, -0.05) is 0 Å². The van der Waals surface area contributed by atoms with Crippen LogP contribution in [0.3, 0.4) is 0 Å². The molecule has 1 aliphatic rings. The van der Waals surface area contributed by atoms with Gasteiger partial charge in [-0.3, -0.25) is 14.6 Å². The van der Waals surface area contributed by atoms with Crippen molar-refractivity contribution in [2.24, 2.45) is 7.05 Å². The lowest BCUT2D eigenvalue weighted by Gasteiger charge is -2.15. The largest absolute Gasteiger partial charge is 0.493 e. The van der Waals surface area contributed by atoms with Gasteiger partial charge in [-0.05, 0) is 42.8 Å². The van der Waals surface area contributed by atoms with E-state index in [4.69, 9.17) is 4.74 Å². The lowest BCUT2D eigenvalue weighted by molar-refractivity contribution is -0.137. The average Bonchev–Trinajstić information content (AvgIpc) is 3.48. The van der Waals surface area contributed by atoms with E-state index in [2.05, 4.69) is 15.3 Å². The van der Waals surface area contributed by atoms with Crippen molar-refractivity contribution >= 4 is 5.91 Å². The summed E-state index contributed by atoms with van der Waals surface area (Å²) < 4.78 is 44.9. The summed E-state index contributed by atoms with van der Waals surface area (Å²) in [5.41, 5.74) is 1.62. The summed E-state index contributed by atoms with van der Waals surface area (Å²) >= 11 is 0. The van der Waals surface area contributed by atoms with E-state index in [0.717, 1.165) is 29.9 Å². The third kappa shape index (κ3) is 4.73. The number of hydrogen-bond donors (Lipinski definition) is 1. The van der Waals surface area contributed by atoms with Gasteiger partial charge < -0.3 is 9.64 Å². The van der Waals surface area contributed by atoms with E-state index in [1.165, 1.54) is 12.1 Å². The molecule has 1 saturated heterocycles. The lowest BCUT2D eigenvalue weighted by atomic mass is 10.0. The number of amides is 1. The summed E-state index contributed by atoms with van der Waals surface area (Å²) in [5, 5.41) is 11.4. The Morgan fingerprint density at radius 1 is 1.26 bits per heavy atom. The molecule has 164 valence electrons. The number of aromatic amines is 1. The number of carbonyl (C=O) groups excluding carboxylic acids is 1. The minimum Gasteiger partial charge on any atom is -0.493 e. The van der Waals surface area contributed by atoms with Crippen molar-refractivity contribution in [1.82, 2.24) is 24.9 Å². The Hall–Kier alpha value is -3.30. The zero-order chi connectivity index (χ0) is 22.0. The second-order valence-electron chi connectivity index (χ2n) is 7.52. The fourth-order valence-corrected chi connectivity index (χ4v) is 3.67. The van der Waals surface area contributed by atoms with Gasteiger partial charge in [-0.15, -0.1) is 0 Å². The summed E-state index contributed by atoms with van der Waals surface area (Å²) in [5.74, 6) is 0.495. The number of nitrogens with zero attached hydrogens (tertiary/aromatic N) is 4.